The largest absolute Gasteiger partial charge is 0.350 e. The number of carbonyl (C=O) groups is 2. The molecule has 0 saturated heterocycles. The van der Waals surface area contributed by atoms with Crippen LogP contribution in [0.1, 0.15) is 46.5 Å². The predicted octanol–water partition coefficient (Wildman–Crippen LogP) is 3.80. The number of nitrogens with zero attached hydrogens (tertiary/aromatic N) is 2. The molecular formula is C22H22N4O2. The Labute approximate surface area is 163 Å². The average molecular weight is 374 g/mol. The molecule has 0 aliphatic heterocycles. The van der Waals surface area contributed by atoms with E-state index in [2.05, 4.69) is 20.6 Å². The van der Waals surface area contributed by atoms with E-state index in [1.807, 2.05) is 36.4 Å². The van der Waals surface area contributed by atoms with E-state index < -0.39 is 0 Å². The van der Waals surface area contributed by atoms with Crippen LogP contribution >= 0.6 is 0 Å². The summed E-state index contributed by atoms with van der Waals surface area (Å²) in [4.78, 5) is 33.8. The molecule has 1 fully saturated rings. The minimum Gasteiger partial charge on any atom is -0.350 e. The van der Waals surface area contributed by atoms with E-state index in [1.54, 1.807) is 6.07 Å². The third-order valence-corrected chi connectivity index (χ3v) is 5.21. The van der Waals surface area contributed by atoms with Gasteiger partial charge in [0.2, 0.25) is 0 Å². The molecule has 0 bridgehead atoms. The molecule has 1 saturated carbocycles. The molecule has 1 aliphatic carbocycles. The zero-order valence-corrected chi connectivity index (χ0v) is 15.5. The Morgan fingerprint density at radius 2 is 1.68 bits per heavy atom. The third-order valence-electron chi connectivity index (χ3n) is 5.21. The average Bonchev–Trinajstić information content (AvgIpc) is 3.25. The lowest BCUT2D eigenvalue weighted by molar-refractivity contribution is 0.0943. The smallest absolute Gasteiger partial charge is 0.273 e. The van der Waals surface area contributed by atoms with Gasteiger partial charge in [-0.3, -0.25) is 9.59 Å². The first-order valence-corrected chi connectivity index (χ1v) is 9.60. The summed E-state index contributed by atoms with van der Waals surface area (Å²) >= 11 is 0. The molecule has 0 atom stereocenters. The summed E-state index contributed by atoms with van der Waals surface area (Å²) in [7, 11) is 0. The van der Waals surface area contributed by atoms with Crippen molar-refractivity contribution in [2.24, 2.45) is 5.92 Å². The number of nitrogens with one attached hydrogen (secondary N) is 2. The highest BCUT2D eigenvalue weighted by molar-refractivity contribution is 6.14. The summed E-state index contributed by atoms with van der Waals surface area (Å²) in [5, 5.41) is 7.51. The van der Waals surface area contributed by atoms with Gasteiger partial charge < -0.3 is 10.6 Å². The molecule has 1 aromatic heterocycles. The molecule has 2 aromatic carbocycles. The van der Waals surface area contributed by atoms with Crippen molar-refractivity contribution in [3.63, 3.8) is 0 Å². The van der Waals surface area contributed by atoms with Crippen molar-refractivity contribution in [2.45, 2.75) is 25.7 Å². The van der Waals surface area contributed by atoms with Gasteiger partial charge in [-0.25, -0.2) is 9.97 Å². The van der Waals surface area contributed by atoms with Crippen LogP contribution in [-0.2, 0) is 0 Å². The molecular weight excluding hydrogens is 352 g/mol. The molecule has 1 aliphatic rings. The van der Waals surface area contributed by atoms with Gasteiger partial charge in [0, 0.05) is 24.5 Å². The van der Waals surface area contributed by atoms with Gasteiger partial charge >= 0.3 is 0 Å². The third kappa shape index (κ3) is 3.86. The van der Waals surface area contributed by atoms with Gasteiger partial charge in [0.15, 0.2) is 11.5 Å². The van der Waals surface area contributed by atoms with Crippen molar-refractivity contribution in [1.29, 1.82) is 0 Å². The number of hydrogen-bond acceptors (Lipinski definition) is 4. The van der Waals surface area contributed by atoms with E-state index >= 15 is 0 Å². The molecule has 6 heteroatoms. The van der Waals surface area contributed by atoms with Crippen molar-refractivity contribution in [3.05, 3.63) is 66.1 Å². The van der Waals surface area contributed by atoms with Crippen LogP contribution in [0.2, 0.25) is 0 Å². The summed E-state index contributed by atoms with van der Waals surface area (Å²) in [5.41, 5.74) is 0.662. The number of fused-ring (bicyclic) bond motifs is 1. The van der Waals surface area contributed by atoms with E-state index in [4.69, 9.17) is 0 Å². The van der Waals surface area contributed by atoms with Crippen LogP contribution in [0.3, 0.4) is 0 Å². The fraction of sp³-hybridized carbons (Fsp3) is 0.273. The number of aromatic nitrogens is 2. The summed E-state index contributed by atoms with van der Waals surface area (Å²) in [6.45, 7) is 0.631. The maximum Gasteiger partial charge on any atom is 0.273 e. The van der Waals surface area contributed by atoms with Gasteiger partial charge in [-0.15, -0.1) is 0 Å². The lowest BCUT2D eigenvalue weighted by Crippen LogP contribution is -2.30. The Hall–Kier alpha value is -3.28. The van der Waals surface area contributed by atoms with E-state index in [-0.39, 0.29) is 23.3 Å². The fourth-order valence-electron chi connectivity index (χ4n) is 3.73. The van der Waals surface area contributed by atoms with E-state index in [1.165, 1.54) is 25.2 Å². The van der Waals surface area contributed by atoms with Crippen molar-refractivity contribution in [2.75, 3.05) is 11.9 Å². The molecule has 4 rings (SSSR count). The van der Waals surface area contributed by atoms with Gasteiger partial charge in [0.1, 0.15) is 0 Å². The van der Waals surface area contributed by atoms with Crippen LogP contribution in [0, 0.1) is 5.92 Å². The summed E-state index contributed by atoms with van der Waals surface area (Å²) in [6, 6.07) is 13.2. The Morgan fingerprint density at radius 1 is 0.929 bits per heavy atom. The van der Waals surface area contributed by atoms with Crippen LogP contribution < -0.4 is 10.6 Å². The molecule has 6 nitrogen and oxygen atoms in total. The van der Waals surface area contributed by atoms with Gasteiger partial charge in [-0.1, -0.05) is 49.2 Å². The Bertz CT molecular complexity index is 1010. The molecule has 0 spiro atoms. The number of amides is 2. The first kappa shape index (κ1) is 18.1. The monoisotopic (exact) mass is 374 g/mol. The van der Waals surface area contributed by atoms with Crippen molar-refractivity contribution >= 4 is 28.4 Å². The maximum absolute atomic E-state index is 12.9. The fourth-order valence-corrected chi connectivity index (χ4v) is 3.73. The first-order chi connectivity index (χ1) is 13.7. The molecule has 1 heterocycles. The second-order valence-corrected chi connectivity index (χ2v) is 7.09. The van der Waals surface area contributed by atoms with Crippen LogP contribution in [0.4, 0.5) is 5.82 Å². The van der Waals surface area contributed by atoms with Gasteiger partial charge in [-0.05, 0) is 35.6 Å². The van der Waals surface area contributed by atoms with E-state index in [9.17, 15) is 9.59 Å². The second-order valence-electron chi connectivity index (χ2n) is 7.09. The number of anilines is 1. The summed E-state index contributed by atoms with van der Waals surface area (Å²) < 4.78 is 0. The topological polar surface area (TPSA) is 84.0 Å². The molecule has 0 radical (unpaired) electrons. The zero-order valence-electron chi connectivity index (χ0n) is 15.5. The molecule has 142 valence electrons. The first-order valence-electron chi connectivity index (χ1n) is 9.60. The van der Waals surface area contributed by atoms with Gasteiger partial charge in [0.25, 0.3) is 11.8 Å². The van der Waals surface area contributed by atoms with Crippen LogP contribution in [0.25, 0.3) is 10.8 Å². The number of benzene rings is 2. The lowest BCUT2D eigenvalue weighted by atomic mass is 10.0. The SMILES string of the molecule is O=C(NCC1CCCC1)c1nccnc1NC(=O)c1cccc2ccccc12. The standard InChI is InChI=1S/C22H22N4O2/c27-21(18-11-5-9-16-8-3-4-10-17(16)18)26-20-19(23-12-13-24-20)22(28)25-14-15-6-1-2-7-15/h3-5,8-13,15H,1-2,6-7,14H2,(H,25,28)(H,24,26,27). The quantitative estimate of drug-likeness (QED) is 0.711. The molecule has 2 N–H and O–H groups in total. The number of rotatable bonds is 5. The van der Waals surface area contributed by atoms with Crippen LogP contribution in [0.5, 0.6) is 0 Å². The summed E-state index contributed by atoms with van der Waals surface area (Å²) in [6.07, 6.45) is 7.65. The molecule has 0 unspecified atom stereocenters. The Kier molecular flexibility index (Phi) is 5.28. The lowest BCUT2D eigenvalue weighted by Gasteiger charge is -2.13. The number of carbonyl (C=O) groups excluding carboxylic acids is 2. The van der Waals surface area contributed by atoms with Crippen LogP contribution in [0.15, 0.2) is 54.9 Å². The molecule has 2 amide bonds. The van der Waals surface area contributed by atoms with E-state index in [0.29, 0.717) is 18.0 Å². The van der Waals surface area contributed by atoms with Crippen molar-refractivity contribution < 1.29 is 9.59 Å². The molecule has 28 heavy (non-hydrogen) atoms. The van der Waals surface area contributed by atoms with Crippen LogP contribution in [-0.4, -0.2) is 28.3 Å². The zero-order chi connectivity index (χ0) is 19.3. The maximum atomic E-state index is 12.9. The van der Waals surface area contributed by atoms with Crippen molar-refractivity contribution in [1.82, 2.24) is 15.3 Å². The predicted molar refractivity (Wildman–Crippen MR) is 108 cm³/mol. The highest BCUT2D eigenvalue weighted by atomic mass is 16.2. The second kappa shape index (κ2) is 8.17. The number of hydrogen-bond donors (Lipinski definition) is 2. The Morgan fingerprint density at radius 3 is 2.54 bits per heavy atom. The summed E-state index contributed by atoms with van der Waals surface area (Å²) in [5.74, 6) is 0.0639. The van der Waals surface area contributed by atoms with E-state index in [0.717, 1.165) is 23.6 Å². The Balaban J connectivity index is 1.53. The van der Waals surface area contributed by atoms with Gasteiger partial charge in [-0.2, -0.15) is 0 Å². The highest BCUT2D eigenvalue weighted by Crippen LogP contribution is 2.24. The molecule has 3 aromatic rings. The van der Waals surface area contributed by atoms with Gasteiger partial charge in [0.05, 0.1) is 0 Å². The highest BCUT2D eigenvalue weighted by Gasteiger charge is 2.20. The van der Waals surface area contributed by atoms with Crippen molar-refractivity contribution in [3.8, 4) is 0 Å². The minimum atomic E-state index is -0.317. The minimum absolute atomic E-state index is 0.133. The normalized spacial score (nSPS) is 14.1.